The molecular formula is C20H22N3O2+. The third-order valence-corrected chi connectivity index (χ3v) is 3.56. The zero-order valence-corrected chi connectivity index (χ0v) is 14.3. The Hall–Kier alpha value is -3.10. The zero-order valence-electron chi connectivity index (χ0n) is 14.3. The van der Waals surface area contributed by atoms with E-state index < -0.39 is 0 Å². The van der Waals surface area contributed by atoms with E-state index in [0.29, 0.717) is 24.4 Å². The maximum Gasteiger partial charge on any atom is 0.279 e. The van der Waals surface area contributed by atoms with Crippen LogP contribution in [0.5, 0.6) is 5.75 Å². The van der Waals surface area contributed by atoms with E-state index in [-0.39, 0.29) is 5.91 Å². The van der Waals surface area contributed by atoms with Crippen LogP contribution in [0.25, 0.3) is 0 Å². The van der Waals surface area contributed by atoms with Crippen molar-refractivity contribution in [3.05, 3.63) is 72.3 Å². The molecule has 5 heteroatoms. The number of quaternary nitrogens is 1. The van der Waals surface area contributed by atoms with Crippen LogP contribution in [0.3, 0.4) is 0 Å². The summed E-state index contributed by atoms with van der Waals surface area (Å²) in [6.07, 6.45) is 1.71. The molecule has 2 aromatic rings. The Balaban J connectivity index is 1.82. The fourth-order valence-electron chi connectivity index (χ4n) is 2.38. The molecule has 0 aliphatic heterocycles. The summed E-state index contributed by atoms with van der Waals surface area (Å²) in [5.41, 5.74) is 2.40. The molecule has 0 aliphatic carbocycles. The minimum atomic E-state index is -0.0619. The minimum absolute atomic E-state index is 0.0619. The summed E-state index contributed by atoms with van der Waals surface area (Å²) in [4.78, 5) is 13.2. The molecule has 0 heterocycles. The highest BCUT2D eigenvalue weighted by Gasteiger charge is 2.11. The summed E-state index contributed by atoms with van der Waals surface area (Å²) in [6.45, 7) is 5.20. The largest absolute Gasteiger partial charge is 0.490 e. The van der Waals surface area contributed by atoms with Crippen molar-refractivity contribution < 1.29 is 14.4 Å². The number of ether oxygens (including phenoxy) is 1. The Kier molecular flexibility index (Phi) is 6.76. The molecule has 128 valence electrons. The van der Waals surface area contributed by atoms with Gasteiger partial charge in [0.1, 0.15) is 18.9 Å². The molecule has 0 radical (unpaired) electrons. The maximum absolute atomic E-state index is 12.1. The van der Waals surface area contributed by atoms with Gasteiger partial charge in [0.15, 0.2) is 6.54 Å². The van der Waals surface area contributed by atoms with Crippen LogP contribution in [0.15, 0.2) is 61.2 Å². The Bertz CT molecular complexity index is 746. The van der Waals surface area contributed by atoms with Crippen LogP contribution in [-0.2, 0) is 11.3 Å². The smallest absolute Gasteiger partial charge is 0.279 e. The molecule has 2 aromatic carbocycles. The lowest BCUT2D eigenvalue weighted by molar-refractivity contribution is -0.885. The standard InChI is InChI=1S/C20H21N3O2/c1-3-12-25-19-10-6-17(7-11-19)14-23(2)15-20(24)22-18-8-4-16(13-21)5-9-18/h3-11H,1,12,14-15H2,2H3,(H,22,24)/p+1. The Morgan fingerprint density at radius 3 is 2.52 bits per heavy atom. The summed E-state index contributed by atoms with van der Waals surface area (Å²) >= 11 is 0. The highest BCUT2D eigenvalue weighted by atomic mass is 16.5. The first-order chi connectivity index (χ1) is 12.1. The van der Waals surface area contributed by atoms with Crippen molar-refractivity contribution in [2.75, 3.05) is 25.5 Å². The van der Waals surface area contributed by atoms with Gasteiger partial charge in [-0.05, 0) is 48.5 Å². The first-order valence-electron chi connectivity index (χ1n) is 8.04. The summed E-state index contributed by atoms with van der Waals surface area (Å²) in [5.74, 6) is 0.744. The minimum Gasteiger partial charge on any atom is -0.490 e. The molecule has 2 rings (SSSR count). The van der Waals surface area contributed by atoms with Crippen molar-refractivity contribution in [3.8, 4) is 11.8 Å². The monoisotopic (exact) mass is 336 g/mol. The van der Waals surface area contributed by atoms with Gasteiger partial charge < -0.3 is 15.0 Å². The molecule has 2 N–H and O–H groups in total. The lowest BCUT2D eigenvalue weighted by atomic mass is 10.2. The van der Waals surface area contributed by atoms with E-state index in [9.17, 15) is 4.79 Å². The van der Waals surface area contributed by atoms with Crippen molar-refractivity contribution in [1.82, 2.24) is 0 Å². The average molecular weight is 336 g/mol. The summed E-state index contributed by atoms with van der Waals surface area (Å²) < 4.78 is 5.45. The number of likely N-dealkylation sites (N-methyl/N-ethyl adjacent to an activating group) is 1. The van der Waals surface area contributed by atoms with Gasteiger partial charge in [-0.3, -0.25) is 4.79 Å². The Morgan fingerprint density at radius 2 is 1.92 bits per heavy atom. The number of carbonyl (C=O) groups excluding carboxylic acids is 1. The lowest BCUT2D eigenvalue weighted by Gasteiger charge is -2.14. The molecule has 5 nitrogen and oxygen atoms in total. The Labute approximate surface area is 148 Å². The number of hydrogen-bond donors (Lipinski definition) is 2. The van der Waals surface area contributed by atoms with Gasteiger partial charge in [0.2, 0.25) is 0 Å². The molecular weight excluding hydrogens is 314 g/mol. The van der Waals surface area contributed by atoms with E-state index in [0.717, 1.165) is 22.8 Å². The predicted molar refractivity (Wildman–Crippen MR) is 97.4 cm³/mol. The second-order valence-electron chi connectivity index (χ2n) is 5.79. The first kappa shape index (κ1) is 18.2. The van der Waals surface area contributed by atoms with Crippen LogP contribution >= 0.6 is 0 Å². The van der Waals surface area contributed by atoms with Crippen LogP contribution in [-0.4, -0.2) is 26.1 Å². The van der Waals surface area contributed by atoms with Crippen molar-refractivity contribution >= 4 is 11.6 Å². The number of carbonyl (C=O) groups is 1. The molecule has 0 saturated carbocycles. The number of amides is 1. The highest BCUT2D eigenvalue weighted by Crippen LogP contribution is 2.11. The van der Waals surface area contributed by atoms with Gasteiger partial charge in [-0.2, -0.15) is 5.26 Å². The fourth-order valence-corrected chi connectivity index (χ4v) is 2.38. The van der Waals surface area contributed by atoms with Crippen LogP contribution in [0, 0.1) is 11.3 Å². The van der Waals surface area contributed by atoms with E-state index in [4.69, 9.17) is 10.00 Å². The summed E-state index contributed by atoms with van der Waals surface area (Å²) in [7, 11) is 1.97. The molecule has 25 heavy (non-hydrogen) atoms. The number of hydrogen-bond acceptors (Lipinski definition) is 3. The number of nitrogens with one attached hydrogen (secondary N) is 2. The van der Waals surface area contributed by atoms with Gasteiger partial charge in [0.25, 0.3) is 5.91 Å². The highest BCUT2D eigenvalue weighted by molar-refractivity contribution is 5.91. The fraction of sp³-hybridized carbons (Fsp3) is 0.200. The van der Waals surface area contributed by atoms with Gasteiger partial charge in [0.05, 0.1) is 18.7 Å². The van der Waals surface area contributed by atoms with Gasteiger partial charge in [-0.25, -0.2) is 0 Å². The van der Waals surface area contributed by atoms with Crippen LogP contribution in [0.1, 0.15) is 11.1 Å². The molecule has 0 aromatic heterocycles. The predicted octanol–water partition coefficient (Wildman–Crippen LogP) is 1.78. The molecule has 0 bridgehead atoms. The molecule has 0 spiro atoms. The van der Waals surface area contributed by atoms with Crippen LogP contribution in [0.2, 0.25) is 0 Å². The third kappa shape index (κ3) is 6.13. The molecule has 1 unspecified atom stereocenters. The van der Waals surface area contributed by atoms with Gasteiger partial charge in [-0.1, -0.05) is 12.7 Å². The molecule has 1 amide bonds. The van der Waals surface area contributed by atoms with E-state index in [1.807, 2.05) is 31.3 Å². The number of nitrogens with zero attached hydrogens (tertiary/aromatic N) is 1. The van der Waals surface area contributed by atoms with E-state index in [1.165, 1.54) is 0 Å². The average Bonchev–Trinajstić information content (AvgIpc) is 2.61. The molecule has 0 aliphatic rings. The van der Waals surface area contributed by atoms with Crippen molar-refractivity contribution in [3.63, 3.8) is 0 Å². The number of rotatable bonds is 8. The number of nitriles is 1. The van der Waals surface area contributed by atoms with Gasteiger partial charge >= 0.3 is 0 Å². The van der Waals surface area contributed by atoms with Crippen molar-refractivity contribution in [1.29, 1.82) is 5.26 Å². The molecule has 0 fully saturated rings. The maximum atomic E-state index is 12.1. The van der Waals surface area contributed by atoms with E-state index in [1.54, 1.807) is 30.3 Å². The SMILES string of the molecule is C=CCOc1ccc(C[NH+](C)CC(=O)Nc2ccc(C#N)cc2)cc1. The van der Waals surface area contributed by atoms with Crippen LogP contribution in [0.4, 0.5) is 5.69 Å². The van der Waals surface area contributed by atoms with Crippen molar-refractivity contribution in [2.45, 2.75) is 6.54 Å². The zero-order chi connectivity index (χ0) is 18.1. The lowest BCUT2D eigenvalue weighted by Crippen LogP contribution is -3.08. The number of benzene rings is 2. The molecule has 1 atom stereocenters. The third-order valence-electron chi connectivity index (χ3n) is 3.56. The van der Waals surface area contributed by atoms with E-state index >= 15 is 0 Å². The quantitative estimate of drug-likeness (QED) is 0.722. The topological polar surface area (TPSA) is 66.6 Å². The second kappa shape index (κ2) is 9.26. The van der Waals surface area contributed by atoms with Crippen LogP contribution < -0.4 is 15.0 Å². The first-order valence-corrected chi connectivity index (χ1v) is 8.04. The Morgan fingerprint density at radius 1 is 1.24 bits per heavy atom. The van der Waals surface area contributed by atoms with Gasteiger partial charge in [-0.15, -0.1) is 0 Å². The summed E-state index contributed by atoms with van der Waals surface area (Å²) in [5, 5.41) is 11.6. The van der Waals surface area contributed by atoms with Gasteiger partial charge in [0, 0.05) is 11.3 Å². The molecule has 0 saturated heterocycles. The summed E-state index contributed by atoms with van der Waals surface area (Å²) in [6, 6.07) is 16.7. The van der Waals surface area contributed by atoms with Crippen molar-refractivity contribution in [2.24, 2.45) is 0 Å². The normalized spacial score (nSPS) is 11.2. The number of anilines is 1. The van der Waals surface area contributed by atoms with E-state index in [2.05, 4.69) is 18.0 Å². The second-order valence-corrected chi connectivity index (χ2v) is 5.79.